The Kier molecular flexibility index (Phi) is 7.29. The lowest BCUT2D eigenvalue weighted by atomic mass is 9.97. The van der Waals surface area contributed by atoms with Gasteiger partial charge >= 0.3 is 0 Å². The second-order valence-electron chi connectivity index (χ2n) is 7.78. The van der Waals surface area contributed by atoms with Crippen molar-refractivity contribution in [1.29, 1.82) is 0 Å². The topological polar surface area (TPSA) is 22.1 Å². The Labute approximate surface area is 205 Å². The van der Waals surface area contributed by atoms with Crippen molar-refractivity contribution in [2.24, 2.45) is 0 Å². The summed E-state index contributed by atoms with van der Waals surface area (Å²) in [7, 11) is 0. The number of aromatic nitrogens is 1. The smallest absolute Gasteiger partial charge is 0.220 e. The van der Waals surface area contributed by atoms with Gasteiger partial charge in [-0.2, -0.15) is 8.78 Å². The molecule has 0 bridgehead atoms. The molecular formula is C29H20F5NO. The van der Waals surface area contributed by atoms with Gasteiger partial charge in [-0.25, -0.2) is 18.2 Å². The molecule has 7 heteroatoms. The first kappa shape index (κ1) is 24.9. The van der Waals surface area contributed by atoms with Crippen LogP contribution in [0, 0.1) is 29.2 Å². The summed E-state index contributed by atoms with van der Waals surface area (Å²) >= 11 is 0. The molecule has 4 rings (SSSR count). The number of hydrogen-bond donors (Lipinski definition) is 0. The Balaban J connectivity index is 1.65. The zero-order valence-corrected chi connectivity index (χ0v) is 19.2. The summed E-state index contributed by atoms with van der Waals surface area (Å²) < 4.78 is 78.1. The molecule has 36 heavy (non-hydrogen) atoms. The molecule has 0 N–H and O–H groups in total. The molecule has 1 heterocycles. The highest BCUT2D eigenvalue weighted by molar-refractivity contribution is 5.74. The van der Waals surface area contributed by atoms with E-state index in [-0.39, 0.29) is 40.3 Å². The minimum Gasteiger partial charge on any atom is -0.486 e. The van der Waals surface area contributed by atoms with Crippen molar-refractivity contribution in [2.75, 3.05) is 6.61 Å². The highest BCUT2D eigenvalue weighted by Crippen LogP contribution is 2.34. The van der Waals surface area contributed by atoms with E-state index in [1.54, 1.807) is 13.0 Å². The molecule has 0 aliphatic rings. The van der Waals surface area contributed by atoms with Crippen LogP contribution in [-0.2, 0) is 0 Å². The van der Waals surface area contributed by atoms with Crippen LogP contribution in [0.5, 0.6) is 5.75 Å². The third-order valence-corrected chi connectivity index (χ3v) is 5.49. The SMILES string of the molecule is C=CCOc1ccc(-c2ccc(-c3ccc(-c4ccc(/C=C/C)c(F)n4)c(F)c3F)cc2)c(F)c1F. The number of hydrogen-bond acceptors (Lipinski definition) is 2. The highest BCUT2D eigenvalue weighted by Gasteiger charge is 2.19. The van der Waals surface area contributed by atoms with E-state index in [4.69, 9.17) is 4.74 Å². The number of pyridine rings is 1. The van der Waals surface area contributed by atoms with Crippen molar-refractivity contribution in [3.63, 3.8) is 0 Å². The lowest BCUT2D eigenvalue weighted by Crippen LogP contribution is -1.99. The van der Waals surface area contributed by atoms with Gasteiger partial charge in [0.15, 0.2) is 23.2 Å². The molecule has 0 aliphatic carbocycles. The number of allylic oxidation sites excluding steroid dienone is 1. The van der Waals surface area contributed by atoms with Crippen LogP contribution in [0.3, 0.4) is 0 Å². The second kappa shape index (κ2) is 10.6. The average Bonchev–Trinajstić information content (AvgIpc) is 2.88. The Hall–Kier alpha value is -4.26. The van der Waals surface area contributed by atoms with Crippen LogP contribution in [0.1, 0.15) is 12.5 Å². The molecule has 0 aliphatic heterocycles. The fraction of sp³-hybridized carbons (Fsp3) is 0.0690. The minimum atomic E-state index is -1.18. The van der Waals surface area contributed by atoms with Gasteiger partial charge in [0.1, 0.15) is 6.61 Å². The molecule has 0 spiro atoms. The number of nitrogens with zero attached hydrogens (tertiary/aromatic N) is 1. The number of benzene rings is 3. The molecule has 4 aromatic rings. The van der Waals surface area contributed by atoms with Crippen LogP contribution >= 0.6 is 0 Å². The zero-order valence-electron chi connectivity index (χ0n) is 19.2. The van der Waals surface area contributed by atoms with Gasteiger partial charge in [0, 0.05) is 22.3 Å². The summed E-state index contributed by atoms with van der Waals surface area (Å²) in [6, 6.07) is 14.1. The molecule has 0 unspecified atom stereocenters. The van der Waals surface area contributed by atoms with Gasteiger partial charge in [-0.05, 0) is 48.4 Å². The van der Waals surface area contributed by atoms with E-state index in [0.29, 0.717) is 11.1 Å². The van der Waals surface area contributed by atoms with Crippen molar-refractivity contribution in [1.82, 2.24) is 4.98 Å². The van der Waals surface area contributed by atoms with Crippen molar-refractivity contribution in [3.05, 3.63) is 114 Å². The van der Waals surface area contributed by atoms with Gasteiger partial charge in [-0.15, -0.1) is 0 Å². The molecule has 1 aromatic heterocycles. The number of rotatable bonds is 7. The first-order valence-corrected chi connectivity index (χ1v) is 11.0. The van der Waals surface area contributed by atoms with Gasteiger partial charge in [0.05, 0.1) is 5.69 Å². The fourth-order valence-corrected chi connectivity index (χ4v) is 3.71. The van der Waals surface area contributed by atoms with Crippen LogP contribution in [0.2, 0.25) is 0 Å². The maximum atomic E-state index is 15.0. The van der Waals surface area contributed by atoms with Gasteiger partial charge in [0.25, 0.3) is 0 Å². The van der Waals surface area contributed by atoms with E-state index in [1.165, 1.54) is 72.8 Å². The van der Waals surface area contributed by atoms with Gasteiger partial charge < -0.3 is 4.74 Å². The van der Waals surface area contributed by atoms with E-state index >= 15 is 0 Å². The molecule has 3 aromatic carbocycles. The van der Waals surface area contributed by atoms with Crippen LogP contribution in [-0.4, -0.2) is 11.6 Å². The monoisotopic (exact) mass is 493 g/mol. The van der Waals surface area contributed by atoms with Crippen LogP contribution in [0.25, 0.3) is 39.6 Å². The lowest BCUT2D eigenvalue weighted by molar-refractivity contribution is 0.333. The van der Waals surface area contributed by atoms with Gasteiger partial charge in [0.2, 0.25) is 11.8 Å². The lowest BCUT2D eigenvalue weighted by Gasteiger charge is -2.11. The molecular weight excluding hydrogens is 473 g/mol. The van der Waals surface area contributed by atoms with Gasteiger partial charge in [-0.3, -0.25) is 0 Å². The Bertz CT molecular complexity index is 1460. The Morgan fingerprint density at radius 2 is 1.28 bits per heavy atom. The van der Waals surface area contributed by atoms with Crippen molar-refractivity contribution < 1.29 is 26.7 Å². The van der Waals surface area contributed by atoms with Crippen molar-refractivity contribution >= 4 is 6.08 Å². The number of ether oxygens (including phenoxy) is 1. The van der Waals surface area contributed by atoms with E-state index < -0.39 is 29.2 Å². The molecule has 0 amide bonds. The van der Waals surface area contributed by atoms with Gasteiger partial charge in [-0.1, -0.05) is 55.1 Å². The first-order valence-electron chi connectivity index (χ1n) is 11.0. The Morgan fingerprint density at radius 1 is 0.722 bits per heavy atom. The summed E-state index contributed by atoms with van der Waals surface area (Å²) in [5, 5.41) is 0. The standard InChI is InChI=1S/C29H20F5NO/c1-3-5-19-10-14-23(35-29(19)34)22-12-11-20(25(30)27(22)32)17-6-8-18(9-7-17)21-13-15-24(36-16-4-2)28(33)26(21)31/h3-15H,2,16H2,1H3/b5-3+. The van der Waals surface area contributed by atoms with E-state index in [0.717, 1.165) is 0 Å². The summed E-state index contributed by atoms with van der Waals surface area (Å²) in [5.74, 6) is -5.58. The highest BCUT2D eigenvalue weighted by atomic mass is 19.2. The third-order valence-electron chi connectivity index (χ3n) is 5.49. The van der Waals surface area contributed by atoms with Crippen LogP contribution in [0.15, 0.2) is 79.4 Å². The number of halogens is 5. The van der Waals surface area contributed by atoms with Crippen molar-refractivity contribution in [3.8, 4) is 39.3 Å². The first-order chi connectivity index (χ1) is 17.3. The van der Waals surface area contributed by atoms with Crippen LogP contribution < -0.4 is 4.74 Å². The predicted octanol–water partition coefficient (Wildman–Crippen LogP) is 8.38. The molecule has 0 atom stereocenters. The summed E-state index contributed by atoms with van der Waals surface area (Å²) in [6.07, 6.45) is 4.56. The molecule has 0 radical (unpaired) electrons. The molecule has 182 valence electrons. The molecule has 0 fully saturated rings. The Morgan fingerprint density at radius 3 is 1.86 bits per heavy atom. The molecule has 0 saturated heterocycles. The molecule has 2 nitrogen and oxygen atoms in total. The zero-order chi connectivity index (χ0) is 25.8. The third kappa shape index (κ3) is 4.77. The summed E-state index contributed by atoms with van der Waals surface area (Å²) in [6.45, 7) is 5.21. The average molecular weight is 493 g/mol. The normalized spacial score (nSPS) is 11.2. The predicted molar refractivity (Wildman–Crippen MR) is 131 cm³/mol. The maximum Gasteiger partial charge on any atom is 0.220 e. The fourth-order valence-electron chi connectivity index (χ4n) is 3.71. The van der Waals surface area contributed by atoms with Crippen LogP contribution in [0.4, 0.5) is 22.0 Å². The largest absolute Gasteiger partial charge is 0.486 e. The quantitative estimate of drug-likeness (QED) is 0.147. The summed E-state index contributed by atoms with van der Waals surface area (Å²) in [5.41, 5.74) is 0.594. The summed E-state index contributed by atoms with van der Waals surface area (Å²) in [4.78, 5) is 3.74. The maximum absolute atomic E-state index is 15.0. The van der Waals surface area contributed by atoms with Crippen molar-refractivity contribution in [2.45, 2.75) is 6.92 Å². The minimum absolute atomic E-state index is 0.0125. The van der Waals surface area contributed by atoms with E-state index in [1.807, 2.05) is 0 Å². The van der Waals surface area contributed by atoms with E-state index in [2.05, 4.69) is 11.6 Å². The molecule has 0 saturated carbocycles. The second-order valence-corrected chi connectivity index (χ2v) is 7.78. The van der Waals surface area contributed by atoms with E-state index in [9.17, 15) is 22.0 Å².